The van der Waals surface area contributed by atoms with E-state index in [2.05, 4.69) is 32.4 Å². The molecule has 0 atom stereocenters. The van der Waals surface area contributed by atoms with Crippen LogP contribution in [0.5, 0.6) is 0 Å². The number of nitrogens with one attached hydrogen (secondary N) is 1. The SMILES string of the molecule is Cc1cc(C)c2nc(NC(=O)c3cnc(Cl)cn3)sc2c1. The van der Waals surface area contributed by atoms with Gasteiger partial charge in [-0.1, -0.05) is 29.0 Å². The van der Waals surface area contributed by atoms with E-state index in [4.69, 9.17) is 11.6 Å². The quantitative estimate of drug-likeness (QED) is 0.783. The van der Waals surface area contributed by atoms with Crippen LogP contribution in [-0.4, -0.2) is 20.9 Å². The van der Waals surface area contributed by atoms with Crippen molar-refractivity contribution in [2.24, 2.45) is 0 Å². The molecule has 0 spiro atoms. The van der Waals surface area contributed by atoms with Crippen LogP contribution >= 0.6 is 22.9 Å². The molecule has 7 heteroatoms. The highest BCUT2D eigenvalue weighted by molar-refractivity contribution is 7.22. The Kier molecular flexibility index (Phi) is 3.57. The lowest BCUT2D eigenvalue weighted by atomic mass is 10.1. The van der Waals surface area contributed by atoms with Crippen LogP contribution in [0.3, 0.4) is 0 Å². The first-order valence-electron chi connectivity index (χ1n) is 6.19. The van der Waals surface area contributed by atoms with E-state index in [0.29, 0.717) is 5.13 Å². The number of carbonyl (C=O) groups excluding carboxylic acids is 1. The maximum atomic E-state index is 12.1. The molecular formula is C14H11ClN4OS. The summed E-state index contributed by atoms with van der Waals surface area (Å²) in [5, 5.41) is 3.53. The fourth-order valence-corrected chi connectivity index (χ4v) is 3.15. The fourth-order valence-electron chi connectivity index (χ4n) is 2.01. The van der Waals surface area contributed by atoms with Gasteiger partial charge < -0.3 is 0 Å². The van der Waals surface area contributed by atoms with Crippen molar-refractivity contribution in [2.45, 2.75) is 13.8 Å². The first-order valence-corrected chi connectivity index (χ1v) is 7.39. The van der Waals surface area contributed by atoms with Crippen LogP contribution in [0.15, 0.2) is 24.5 Å². The summed E-state index contributed by atoms with van der Waals surface area (Å²) < 4.78 is 1.05. The van der Waals surface area contributed by atoms with E-state index in [1.165, 1.54) is 29.3 Å². The summed E-state index contributed by atoms with van der Waals surface area (Å²) >= 11 is 7.08. The van der Waals surface area contributed by atoms with Gasteiger partial charge in [0.05, 0.1) is 22.6 Å². The average Bonchev–Trinajstić information content (AvgIpc) is 2.82. The van der Waals surface area contributed by atoms with Crippen LogP contribution in [0, 0.1) is 13.8 Å². The molecule has 21 heavy (non-hydrogen) atoms. The lowest BCUT2D eigenvalue weighted by Crippen LogP contribution is -2.13. The van der Waals surface area contributed by atoms with Crippen molar-refractivity contribution in [1.29, 1.82) is 0 Å². The molecule has 5 nitrogen and oxygen atoms in total. The van der Waals surface area contributed by atoms with Gasteiger partial charge in [0.1, 0.15) is 10.8 Å². The molecule has 1 N–H and O–H groups in total. The Labute approximate surface area is 130 Å². The van der Waals surface area contributed by atoms with Crippen molar-refractivity contribution >= 4 is 44.2 Å². The Bertz CT molecular complexity index is 829. The van der Waals surface area contributed by atoms with Gasteiger partial charge in [-0.3, -0.25) is 10.1 Å². The molecule has 106 valence electrons. The summed E-state index contributed by atoms with van der Waals surface area (Å²) in [6, 6.07) is 4.12. The normalized spacial score (nSPS) is 10.8. The van der Waals surface area contributed by atoms with Gasteiger partial charge in [-0.05, 0) is 31.0 Å². The minimum atomic E-state index is -0.354. The number of aryl methyl sites for hydroxylation is 2. The largest absolute Gasteiger partial charge is 0.296 e. The molecule has 0 radical (unpaired) electrons. The fraction of sp³-hybridized carbons (Fsp3) is 0.143. The molecule has 2 heterocycles. The van der Waals surface area contributed by atoms with Crippen molar-refractivity contribution in [3.8, 4) is 0 Å². The maximum absolute atomic E-state index is 12.1. The van der Waals surface area contributed by atoms with Gasteiger partial charge in [-0.15, -0.1) is 0 Å². The van der Waals surface area contributed by atoms with Gasteiger partial charge >= 0.3 is 0 Å². The van der Waals surface area contributed by atoms with E-state index < -0.39 is 0 Å². The van der Waals surface area contributed by atoms with E-state index in [0.717, 1.165) is 15.8 Å². The Balaban J connectivity index is 1.89. The van der Waals surface area contributed by atoms with E-state index in [-0.39, 0.29) is 16.8 Å². The number of nitrogens with zero attached hydrogens (tertiary/aromatic N) is 3. The predicted octanol–water partition coefficient (Wildman–Crippen LogP) is 3.61. The molecule has 0 bridgehead atoms. The molecule has 0 saturated carbocycles. The first kappa shape index (κ1) is 13.9. The number of halogens is 1. The zero-order chi connectivity index (χ0) is 15.0. The maximum Gasteiger partial charge on any atom is 0.277 e. The van der Waals surface area contributed by atoms with Gasteiger partial charge in [-0.25, -0.2) is 15.0 Å². The first-order chi connectivity index (χ1) is 10.0. The second-order valence-electron chi connectivity index (χ2n) is 4.63. The summed E-state index contributed by atoms with van der Waals surface area (Å²) in [6.07, 6.45) is 2.67. The van der Waals surface area contributed by atoms with Crippen LogP contribution in [0.25, 0.3) is 10.2 Å². The van der Waals surface area contributed by atoms with Crippen LogP contribution in [-0.2, 0) is 0 Å². The van der Waals surface area contributed by atoms with Gasteiger partial charge in [-0.2, -0.15) is 0 Å². The van der Waals surface area contributed by atoms with Crippen molar-refractivity contribution in [3.63, 3.8) is 0 Å². The summed E-state index contributed by atoms with van der Waals surface area (Å²) in [7, 11) is 0. The van der Waals surface area contributed by atoms with Crippen molar-refractivity contribution < 1.29 is 4.79 Å². The van der Waals surface area contributed by atoms with E-state index >= 15 is 0 Å². The Morgan fingerprint density at radius 2 is 2.05 bits per heavy atom. The third-order valence-corrected chi connectivity index (χ3v) is 4.02. The highest BCUT2D eigenvalue weighted by Crippen LogP contribution is 2.29. The number of thiazole rings is 1. The van der Waals surface area contributed by atoms with Crippen molar-refractivity contribution in [3.05, 3.63) is 46.5 Å². The summed E-state index contributed by atoms with van der Waals surface area (Å²) in [4.78, 5) is 24.3. The molecule has 3 aromatic rings. The van der Waals surface area contributed by atoms with Crippen molar-refractivity contribution in [1.82, 2.24) is 15.0 Å². The third-order valence-electron chi connectivity index (χ3n) is 2.90. The minimum Gasteiger partial charge on any atom is -0.296 e. The molecule has 0 saturated heterocycles. The van der Waals surface area contributed by atoms with Crippen LogP contribution in [0.2, 0.25) is 5.15 Å². The Hall–Kier alpha value is -2.05. The monoisotopic (exact) mass is 318 g/mol. The summed E-state index contributed by atoms with van der Waals surface area (Å²) in [5.41, 5.74) is 3.37. The number of hydrogen-bond donors (Lipinski definition) is 1. The molecule has 3 rings (SSSR count). The highest BCUT2D eigenvalue weighted by Gasteiger charge is 2.12. The molecule has 2 aromatic heterocycles. The van der Waals surface area contributed by atoms with Gasteiger partial charge in [0, 0.05) is 0 Å². The van der Waals surface area contributed by atoms with E-state index in [1.54, 1.807) is 0 Å². The lowest BCUT2D eigenvalue weighted by Gasteiger charge is -1.99. The van der Waals surface area contributed by atoms with Crippen molar-refractivity contribution in [2.75, 3.05) is 5.32 Å². The zero-order valence-corrected chi connectivity index (χ0v) is 12.9. The molecule has 0 aliphatic rings. The number of hydrogen-bond acceptors (Lipinski definition) is 5. The Morgan fingerprint density at radius 1 is 1.24 bits per heavy atom. The standard InChI is InChI=1S/C14H11ClN4OS/c1-7-3-8(2)12-10(4-7)21-14(18-12)19-13(20)9-5-17-11(15)6-16-9/h3-6H,1-2H3,(H,18,19,20). The van der Waals surface area contributed by atoms with Crippen LogP contribution in [0.4, 0.5) is 5.13 Å². The molecule has 1 aromatic carbocycles. The number of fused-ring (bicyclic) bond motifs is 1. The predicted molar refractivity (Wildman–Crippen MR) is 84.1 cm³/mol. The number of carbonyl (C=O) groups is 1. The second-order valence-corrected chi connectivity index (χ2v) is 6.04. The van der Waals surface area contributed by atoms with Gasteiger partial charge in [0.2, 0.25) is 0 Å². The van der Waals surface area contributed by atoms with Crippen LogP contribution in [0.1, 0.15) is 21.6 Å². The smallest absolute Gasteiger partial charge is 0.277 e. The molecule has 0 aliphatic carbocycles. The van der Waals surface area contributed by atoms with E-state index in [9.17, 15) is 4.79 Å². The zero-order valence-electron chi connectivity index (χ0n) is 11.3. The number of rotatable bonds is 2. The highest BCUT2D eigenvalue weighted by atomic mass is 35.5. The number of amides is 1. The van der Waals surface area contributed by atoms with Crippen LogP contribution < -0.4 is 5.32 Å². The van der Waals surface area contributed by atoms with Gasteiger partial charge in [0.25, 0.3) is 5.91 Å². The summed E-state index contributed by atoms with van der Waals surface area (Å²) in [5.74, 6) is -0.354. The molecule has 1 amide bonds. The number of aromatic nitrogens is 3. The average molecular weight is 319 g/mol. The third kappa shape index (κ3) is 2.86. The Morgan fingerprint density at radius 3 is 2.76 bits per heavy atom. The molecular weight excluding hydrogens is 308 g/mol. The summed E-state index contributed by atoms with van der Waals surface area (Å²) in [6.45, 7) is 4.04. The second kappa shape index (κ2) is 5.38. The molecule has 0 fully saturated rings. The number of benzene rings is 1. The molecule has 0 aliphatic heterocycles. The molecule has 0 unspecified atom stereocenters. The van der Waals surface area contributed by atoms with E-state index in [1.807, 2.05) is 13.8 Å². The topological polar surface area (TPSA) is 67.8 Å². The number of anilines is 1. The lowest BCUT2D eigenvalue weighted by molar-refractivity contribution is 0.102. The van der Waals surface area contributed by atoms with Gasteiger partial charge in [0.15, 0.2) is 5.13 Å². The minimum absolute atomic E-state index is 0.201.